The Morgan fingerprint density at radius 1 is 1.32 bits per heavy atom. The van der Waals surface area contributed by atoms with Crippen molar-refractivity contribution >= 4 is 22.9 Å². The smallest absolute Gasteiger partial charge is 0.220 e. The Labute approximate surface area is 188 Å². The summed E-state index contributed by atoms with van der Waals surface area (Å²) in [4.78, 5) is 21.0. The van der Waals surface area contributed by atoms with Gasteiger partial charge in [-0.2, -0.15) is 5.10 Å². The van der Waals surface area contributed by atoms with Gasteiger partial charge < -0.3 is 5.32 Å². The second-order valence-electron chi connectivity index (χ2n) is 8.98. The number of hydrogen-bond donors (Lipinski definition) is 1. The maximum absolute atomic E-state index is 12.1. The number of aromatic nitrogens is 3. The second kappa shape index (κ2) is 9.09. The number of hydrogen-bond acceptors (Lipinski definition) is 5. The molecule has 1 N–H and O–H groups in total. The van der Waals surface area contributed by atoms with Crippen LogP contribution in [0.1, 0.15) is 72.2 Å². The largest absolute Gasteiger partial charge is 0.354 e. The van der Waals surface area contributed by atoms with Gasteiger partial charge in [-0.15, -0.1) is 11.3 Å². The summed E-state index contributed by atoms with van der Waals surface area (Å²) in [6, 6.07) is 4.86. The van der Waals surface area contributed by atoms with Crippen LogP contribution in [0.3, 0.4) is 0 Å². The molecule has 1 aliphatic heterocycles. The average molecular weight is 440 g/mol. The van der Waals surface area contributed by atoms with Crippen LogP contribution in [0.4, 0.5) is 0 Å². The fourth-order valence-corrected chi connectivity index (χ4v) is 5.53. The van der Waals surface area contributed by atoms with Gasteiger partial charge in [-0.3, -0.25) is 9.69 Å². The second-order valence-corrected chi connectivity index (χ2v) is 9.98. The quantitative estimate of drug-likeness (QED) is 0.588. The Morgan fingerprint density at radius 3 is 2.84 bits per heavy atom. The van der Waals surface area contributed by atoms with Crippen LogP contribution in [0.5, 0.6) is 0 Å². The van der Waals surface area contributed by atoms with E-state index in [-0.39, 0.29) is 11.9 Å². The highest BCUT2D eigenvalue weighted by Gasteiger charge is 2.29. The molecule has 0 saturated carbocycles. The first-order chi connectivity index (χ1) is 14.8. The number of carbonyl (C=O) groups excluding carboxylic acids is 1. The molecule has 1 amide bonds. The van der Waals surface area contributed by atoms with Crippen LogP contribution < -0.4 is 5.32 Å². The number of fused-ring (bicyclic) bond motifs is 1. The van der Waals surface area contributed by atoms with Crippen molar-refractivity contribution in [1.82, 2.24) is 24.8 Å². The molecule has 0 aromatic carbocycles. The third-order valence-corrected chi connectivity index (χ3v) is 7.26. The summed E-state index contributed by atoms with van der Waals surface area (Å²) in [6.07, 6.45) is 3.48. The third kappa shape index (κ3) is 4.67. The minimum Gasteiger partial charge on any atom is -0.354 e. The highest BCUT2D eigenvalue weighted by atomic mass is 32.1. The van der Waals surface area contributed by atoms with E-state index in [2.05, 4.69) is 41.6 Å². The number of thiophene rings is 1. The molecule has 7 heteroatoms. The predicted octanol–water partition coefficient (Wildman–Crippen LogP) is 4.51. The van der Waals surface area contributed by atoms with Gasteiger partial charge >= 0.3 is 0 Å². The Morgan fingerprint density at radius 2 is 2.13 bits per heavy atom. The normalized spacial score (nSPS) is 17.2. The highest BCUT2D eigenvalue weighted by molar-refractivity contribution is 7.10. The van der Waals surface area contributed by atoms with E-state index >= 15 is 0 Å². The van der Waals surface area contributed by atoms with Crippen molar-refractivity contribution in [3.05, 3.63) is 50.6 Å². The Balaban J connectivity index is 1.57. The number of likely N-dealkylation sites (tertiary alicyclic amines) is 1. The van der Waals surface area contributed by atoms with Gasteiger partial charge in [0, 0.05) is 41.3 Å². The molecule has 4 rings (SSSR count). The maximum Gasteiger partial charge on any atom is 0.220 e. The molecule has 3 aromatic heterocycles. The van der Waals surface area contributed by atoms with E-state index in [4.69, 9.17) is 10.1 Å². The Kier molecular flexibility index (Phi) is 6.44. The molecular formula is C24H33N5OS. The summed E-state index contributed by atoms with van der Waals surface area (Å²) in [5.74, 6) is 0.0838. The van der Waals surface area contributed by atoms with Crippen molar-refractivity contribution in [1.29, 1.82) is 0 Å². The standard InChI is InChI=1S/C24H33N5OS/c1-15(2)25-24(30)9-8-19-17(4)26-23-13-20(27-29(23)18(19)5)21-7-6-11-28(21)14-22-16(3)10-12-31-22/h10,12-13,15,21H,6-9,11,14H2,1-5H3,(H,25,30). The van der Waals surface area contributed by atoms with Gasteiger partial charge in [0.15, 0.2) is 5.65 Å². The summed E-state index contributed by atoms with van der Waals surface area (Å²) in [5, 5.41) is 10.1. The molecule has 1 aliphatic rings. The summed E-state index contributed by atoms with van der Waals surface area (Å²) in [6.45, 7) is 12.4. The van der Waals surface area contributed by atoms with E-state index in [1.54, 1.807) is 0 Å². The molecular weight excluding hydrogens is 406 g/mol. The fraction of sp³-hybridized carbons (Fsp3) is 0.542. The first-order valence-corrected chi connectivity index (χ1v) is 12.1. The molecule has 0 aliphatic carbocycles. The lowest BCUT2D eigenvalue weighted by molar-refractivity contribution is -0.121. The van der Waals surface area contributed by atoms with Crippen molar-refractivity contribution in [2.45, 2.75) is 78.9 Å². The molecule has 0 spiro atoms. The summed E-state index contributed by atoms with van der Waals surface area (Å²) < 4.78 is 1.98. The Bertz CT molecular complexity index is 1080. The molecule has 3 aromatic rings. The van der Waals surface area contributed by atoms with Gasteiger partial charge in [0.05, 0.1) is 11.7 Å². The van der Waals surface area contributed by atoms with Crippen molar-refractivity contribution in [2.24, 2.45) is 0 Å². The SMILES string of the molecule is Cc1ccsc1CN1CCCC1c1cc2nc(C)c(CCC(=O)NC(C)C)c(C)n2n1. The van der Waals surface area contributed by atoms with Crippen LogP contribution in [-0.4, -0.2) is 38.0 Å². The van der Waals surface area contributed by atoms with E-state index in [1.165, 1.54) is 16.9 Å². The zero-order valence-corrected chi connectivity index (χ0v) is 20.1. The van der Waals surface area contributed by atoms with Gasteiger partial charge in [-0.25, -0.2) is 9.50 Å². The summed E-state index contributed by atoms with van der Waals surface area (Å²) in [7, 11) is 0. The topological polar surface area (TPSA) is 62.5 Å². The molecule has 1 saturated heterocycles. The van der Waals surface area contributed by atoms with E-state index in [9.17, 15) is 4.79 Å². The first-order valence-electron chi connectivity index (χ1n) is 11.3. The van der Waals surface area contributed by atoms with E-state index < -0.39 is 0 Å². The van der Waals surface area contributed by atoms with Crippen LogP contribution in [0.25, 0.3) is 5.65 Å². The van der Waals surface area contributed by atoms with Crippen LogP contribution >= 0.6 is 11.3 Å². The minimum absolute atomic E-state index is 0.0838. The van der Waals surface area contributed by atoms with Crippen LogP contribution in [0, 0.1) is 20.8 Å². The summed E-state index contributed by atoms with van der Waals surface area (Å²) in [5.41, 5.74) is 6.59. The van der Waals surface area contributed by atoms with Crippen LogP contribution in [0.2, 0.25) is 0 Å². The number of amides is 1. The van der Waals surface area contributed by atoms with Gasteiger partial charge in [0.2, 0.25) is 5.91 Å². The predicted molar refractivity (Wildman–Crippen MR) is 126 cm³/mol. The Hall–Kier alpha value is -2.25. The van der Waals surface area contributed by atoms with E-state index in [1.807, 2.05) is 36.6 Å². The summed E-state index contributed by atoms with van der Waals surface area (Å²) >= 11 is 1.84. The molecule has 6 nitrogen and oxygen atoms in total. The molecule has 0 radical (unpaired) electrons. The molecule has 31 heavy (non-hydrogen) atoms. The average Bonchev–Trinajstić information content (AvgIpc) is 3.42. The van der Waals surface area contributed by atoms with Crippen molar-refractivity contribution in [3.8, 4) is 0 Å². The molecule has 1 atom stereocenters. The molecule has 1 fully saturated rings. The lowest BCUT2D eigenvalue weighted by atomic mass is 10.1. The van der Waals surface area contributed by atoms with E-state index in [0.29, 0.717) is 18.9 Å². The van der Waals surface area contributed by atoms with Crippen molar-refractivity contribution in [3.63, 3.8) is 0 Å². The number of aryl methyl sites for hydroxylation is 3. The van der Waals surface area contributed by atoms with Crippen LogP contribution in [-0.2, 0) is 17.8 Å². The number of nitrogens with zero attached hydrogens (tertiary/aromatic N) is 4. The van der Waals surface area contributed by atoms with Crippen molar-refractivity contribution < 1.29 is 4.79 Å². The molecule has 0 bridgehead atoms. The molecule has 1 unspecified atom stereocenters. The van der Waals surface area contributed by atoms with Gasteiger partial charge in [-0.05, 0) is 83.0 Å². The van der Waals surface area contributed by atoms with Gasteiger partial charge in [0.1, 0.15) is 0 Å². The fourth-order valence-electron chi connectivity index (χ4n) is 4.60. The third-order valence-electron chi connectivity index (χ3n) is 6.25. The van der Waals surface area contributed by atoms with Crippen LogP contribution in [0.15, 0.2) is 17.5 Å². The first kappa shape index (κ1) is 22.0. The molecule has 4 heterocycles. The van der Waals surface area contributed by atoms with Gasteiger partial charge in [-0.1, -0.05) is 0 Å². The maximum atomic E-state index is 12.1. The molecule has 166 valence electrons. The van der Waals surface area contributed by atoms with E-state index in [0.717, 1.165) is 47.8 Å². The number of carbonyl (C=O) groups is 1. The van der Waals surface area contributed by atoms with Gasteiger partial charge in [0.25, 0.3) is 0 Å². The monoisotopic (exact) mass is 439 g/mol. The number of nitrogens with one attached hydrogen (secondary N) is 1. The lowest BCUT2D eigenvalue weighted by Crippen LogP contribution is -2.30. The number of rotatable bonds is 7. The minimum atomic E-state index is 0.0838. The zero-order valence-electron chi connectivity index (χ0n) is 19.2. The van der Waals surface area contributed by atoms with Crippen molar-refractivity contribution in [2.75, 3.05) is 6.54 Å². The lowest BCUT2D eigenvalue weighted by Gasteiger charge is -2.22. The highest BCUT2D eigenvalue weighted by Crippen LogP contribution is 2.34. The zero-order chi connectivity index (χ0) is 22.1.